The van der Waals surface area contributed by atoms with Gasteiger partial charge in [0.05, 0.1) is 12.6 Å². The second kappa shape index (κ2) is 12.4. The van der Waals surface area contributed by atoms with Crippen LogP contribution in [-0.2, 0) is 22.7 Å². The van der Waals surface area contributed by atoms with Crippen LogP contribution < -0.4 is 10.1 Å². The van der Waals surface area contributed by atoms with Gasteiger partial charge in [0.15, 0.2) is 0 Å². The zero-order valence-corrected chi connectivity index (χ0v) is 23.3. The molecule has 5 aromatic rings. The number of amides is 2. The van der Waals surface area contributed by atoms with Crippen molar-refractivity contribution in [2.75, 3.05) is 12.4 Å². The van der Waals surface area contributed by atoms with Crippen molar-refractivity contribution in [2.45, 2.75) is 38.9 Å². The van der Waals surface area contributed by atoms with E-state index >= 15 is 0 Å². The van der Waals surface area contributed by atoms with Gasteiger partial charge in [0, 0.05) is 24.6 Å². The Morgan fingerprint density at radius 2 is 1.66 bits per heavy atom. The number of carbonyl (C=O) groups excluding carboxylic acids is 2. The highest BCUT2D eigenvalue weighted by molar-refractivity contribution is 5.98. The van der Waals surface area contributed by atoms with Crippen LogP contribution >= 0.6 is 0 Å². The summed E-state index contributed by atoms with van der Waals surface area (Å²) in [5.41, 5.74) is 4.66. The molecule has 0 bridgehead atoms. The smallest absolute Gasteiger partial charge is 0.251 e. The van der Waals surface area contributed by atoms with Gasteiger partial charge < -0.3 is 15.0 Å². The van der Waals surface area contributed by atoms with Crippen LogP contribution in [0.3, 0.4) is 0 Å². The maximum Gasteiger partial charge on any atom is 0.251 e. The maximum absolute atomic E-state index is 14.1. The summed E-state index contributed by atoms with van der Waals surface area (Å²) in [5, 5.41) is 11.4. The zero-order valence-electron chi connectivity index (χ0n) is 23.3. The number of nitrogens with zero attached hydrogens (tertiary/aromatic N) is 5. The SMILES string of the molecule is COc1ccc(NC(=O)[C@H](c2ccc(C(C)C)cc2)N(Cc2cccnc2)C(=O)Cn2nnc3ccccc32)cc1. The third-order valence-corrected chi connectivity index (χ3v) is 6.94. The fraction of sp³-hybridized carbons (Fsp3) is 0.219. The highest BCUT2D eigenvalue weighted by atomic mass is 16.5. The molecule has 5 rings (SSSR count). The molecular weight excluding hydrogens is 516 g/mol. The molecule has 0 spiro atoms. The van der Waals surface area contributed by atoms with Crippen molar-refractivity contribution >= 4 is 28.5 Å². The molecule has 0 aliphatic rings. The highest BCUT2D eigenvalue weighted by Gasteiger charge is 2.32. The number of hydrogen-bond acceptors (Lipinski definition) is 6. The Hall–Kier alpha value is -5.05. The number of pyridine rings is 1. The fourth-order valence-corrected chi connectivity index (χ4v) is 4.69. The fourth-order valence-electron chi connectivity index (χ4n) is 4.69. The number of aromatic nitrogens is 4. The first-order valence-corrected chi connectivity index (χ1v) is 13.4. The Morgan fingerprint density at radius 1 is 0.927 bits per heavy atom. The number of hydrogen-bond donors (Lipinski definition) is 1. The molecule has 2 heterocycles. The second-order valence-electron chi connectivity index (χ2n) is 10.1. The van der Waals surface area contributed by atoms with Crippen molar-refractivity contribution in [3.05, 3.63) is 114 Å². The summed E-state index contributed by atoms with van der Waals surface area (Å²) in [5.74, 6) is 0.377. The van der Waals surface area contributed by atoms with Crippen LogP contribution in [0.1, 0.15) is 42.5 Å². The van der Waals surface area contributed by atoms with E-state index in [0.29, 0.717) is 28.4 Å². The number of benzene rings is 3. The van der Waals surface area contributed by atoms with Gasteiger partial charge >= 0.3 is 0 Å². The number of ether oxygens (including phenoxy) is 1. The first kappa shape index (κ1) is 27.5. The summed E-state index contributed by atoms with van der Waals surface area (Å²) < 4.78 is 6.82. The van der Waals surface area contributed by atoms with Gasteiger partial charge in [-0.15, -0.1) is 5.10 Å². The van der Waals surface area contributed by atoms with Gasteiger partial charge in [-0.25, -0.2) is 4.68 Å². The third kappa shape index (κ3) is 6.41. The first-order chi connectivity index (χ1) is 19.9. The summed E-state index contributed by atoms with van der Waals surface area (Å²) in [6, 6.07) is 25.2. The van der Waals surface area contributed by atoms with Gasteiger partial charge in [-0.3, -0.25) is 14.6 Å². The van der Waals surface area contributed by atoms with E-state index in [2.05, 4.69) is 34.5 Å². The van der Waals surface area contributed by atoms with Crippen molar-refractivity contribution in [1.29, 1.82) is 0 Å². The van der Waals surface area contributed by atoms with E-state index in [1.165, 1.54) is 0 Å². The minimum Gasteiger partial charge on any atom is -0.497 e. The number of rotatable bonds is 10. The van der Waals surface area contributed by atoms with Crippen molar-refractivity contribution < 1.29 is 14.3 Å². The number of fused-ring (bicyclic) bond motifs is 1. The Bertz CT molecular complexity index is 1620. The average Bonchev–Trinajstić information content (AvgIpc) is 3.40. The Balaban J connectivity index is 1.54. The van der Waals surface area contributed by atoms with Crippen molar-refractivity contribution in [2.24, 2.45) is 0 Å². The summed E-state index contributed by atoms with van der Waals surface area (Å²) in [7, 11) is 1.59. The molecule has 2 amide bonds. The zero-order chi connectivity index (χ0) is 28.8. The van der Waals surface area contributed by atoms with Gasteiger partial charge in [-0.05, 0) is 65.1 Å². The molecule has 0 unspecified atom stereocenters. The van der Waals surface area contributed by atoms with E-state index in [4.69, 9.17) is 4.74 Å². The van der Waals surface area contributed by atoms with E-state index < -0.39 is 6.04 Å². The van der Waals surface area contributed by atoms with Gasteiger partial charge in [0.25, 0.3) is 5.91 Å². The van der Waals surface area contributed by atoms with Gasteiger partial charge in [-0.2, -0.15) is 0 Å². The molecule has 1 N–H and O–H groups in total. The molecule has 3 aromatic carbocycles. The minimum atomic E-state index is -0.930. The predicted octanol–water partition coefficient (Wildman–Crippen LogP) is 5.37. The summed E-state index contributed by atoms with van der Waals surface area (Å²) in [6.45, 7) is 4.32. The normalized spacial score (nSPS) is 11.8. The Morgan fingerprint density at radius 3 is 2.34 bits per heavy atom. The lowest BCUT2D eigenvalue weighted by Gasteiger charge is -2.32. The number of para-hydroxylation sites is 1. The Labute approximate surface area is 238 Å². The maximum atomic E-state index is 14.1. The molecular formula is C32H32N6O3. The molecule has 0 aliphatic carbocycles. The molecule has 0 aliphatic heterocycles. The van der Waals surface area contributed by atoms with Crippen molar-refractivity contribution in [1.82, 2.24) is 24.9 Å². The van der Waals surface area contributed by atoms with Crippen molar-refractivity contribution in [3.8, 4) is 5.75 Å². The minimum absolute atomic E-state index is 0.0861. The van der Waals surface area contributed by atoms with Gasteiger partial charge in [0.2, 0.25) is 5.91 Å². The van der Waals surface area contributed by atoms with E-state index in [-0.39, 0.29) is 24.9 Å². The molecule has 41 heavy (non-hydrogen) atoms. The van der Waals surface area contributed by atoms with Crippen LogP contribution in [0.25, 0.3) is 11.0 Å². The van der Waals surface area contributed by atoms with Gasteiger partial charge in [-0.1, -0.05) is 61.5 Å². The van der Waals surface area contributed by atoms with Crippen LogP contribution in [0.15, 0.2) is 97.3 Å². The molecule has 0 saturated heterocycles. The first-order valence-electron chi connectivity index (χ1n) is 13.4. The third-order valence-electron chi connectivity index (χ3n) is 6.94. The molecule has 0 radical (unpaired) electrons. The van der Waals surface area contributed by atoms with E-state index in [1.54, 1.807) is 53.4 Å². The van der Waals surface area contributed by atoms with Crippen LogP contribution in [-0.4, -0.2) is 43.8 Å². The molecule has 2 aromatic heterocycles. The summed E-state index contributed by atoms with van der Waals surface area (Å²) in [4.78, 5) is 34.0. The average molecular weight is 549 g/mol. The molecule has 9 heteroatoms. The lowest BCUT2D eigenvalue weighted by Crippen LogP contribution is -2.42. The molecule has 0 fully saturated rings. The molecule has 1 atom stereocenters. The number of anilines is 1. The summed E-state index contributed by atoms with van der Waals surface area (Å²) in [6.07, 6.45) is 3.38. The lowest BCUT2D eigenvalue weighted by molar-refractivity contribution is -0.140. The standard InChI is InChI=1S/C32H32N6O3/c1-22(2)24-10-12-25(13-11-24)31(32(40)34-26-14-16-27(41-3)17-15-26)37(20-23-7-6-18-33-19-23)30(39)21-38-29-9-5-4-8-28(29)35-36-38/h4-19,22,31H,20-21H2,1-3H3,(H,34,40)/t31-/m0/s1. The second-order valence-corrected chi connectivity index (χ2v) is 10.1. The number of nitrogens with one attached hydrogen (secondary N) is 1. The molecule has 208 valence electrons. The van der Waals surface area contributed by atoms with E-state index in [1.807, 2.05) is 60.7 Å². The van der Waals surface area contributed by atoms with E-state index in [9.17, 15) is 9.59 Å². The lowest BCUT2D eigenvalue weighted by atomic mass is 9.97. The molecule has 0 saturated carbocycles. The topological polar surface area (TPSA) is 102 Å². The van der Waals surface area contributed by atoms with E-state index in [0.717, 1.165) is 16.6 Å². The number of carbonyl (C=O) groups is 2. The van der Waals surface area contributed by atoms with Gasteiger partial charge in [0.1, 0.15) is 23.9 Å². The Kier molecular flexibility index (Phi) is 8.34. The van der Waals surface area contributed by atoms with Crippen LogP contribution in [0.2, 0.25) is 0 Å². The molecule has 9 nitrogen and oxygen atoms in total. The largest absolute Gasteiger partial charge is 0.497 e. The summed E-state index contributed by atoms with van der Waals surface area (Å²) >= 11 is 0. The predicted molar refractivity (Wildman–Crippen MR) is 157 cm³/mol. The van der Waals surface area contributed by atoms with Crippen LogP contribution in [0.5, 0.6) is 5.75 Å². The van der Waals surface area contributed by atoms with Crippen LogP contribution in [0, 0.1) is 0 Å². The quantitative estimate of drug-likeness (QED) is 0.252. The highest BCUT2D eigenvalue weighted by Crippen LogP contribution is 2.28. The van der Waals surface area contributed by atoms with Crippen molar-refractivity contribution in [3.63, 3.8) is 0 Å². The number of methoxy groups -OCH3 is 1. The monoisotopic (exact) mass is 548 g/mol. The van der Waals surface area contributed by atoms with Crippen LogP contribution in [0.4, 0.5) is 5.69 Å².